The molecule has 1 fully saturated rings. The molecule has 0 radical (unpaired) electrons. The number of nitriles is 1. The van der Waals surface area contributed by atoms with Crippen molar-refractivity contribution in [2.24, 2.45) is 5.92 Å². The first-order valence-corrected chi connectivity index (χ1v) is 10.8. The fourth-order valence-corrected chi connectivity index (χ4v) is 4.21. The number of benzene rings is 1. The lowest BCUT2D eigenvalue weighted by atomic mass is 9.97. The van der Waals surface area contributed by atoms with Crippen molar-refractivity contribution in [2.75, 3.05) is 26.2 Å². The molecule has 0 bridgehead atoms. The van der Waals surface area contributed by atoms with Crippen LogP contribution in [0.2, 0.25) is 0 Å². The second-order valence-corrected chi connectivity index (χ2v) is 8.90. The van der Waals surface area contributed by atoms with E-state index in [0.717, 1.165) is 25.9 Å². The molecule has 1 heterocycles. The minimum atomic E-state index is -3.66. The van der Waals surface area contributed by atoms with E-state index < -0.39 is 10.0 Å². The lowest BCUT2D eigenvalue weighted by Gasteiger charge is -2.35. The first-order chi connectivity index (χ1) is 12.8. The van der Waals surface area contributed by atoms with Gasteiger partial charge in [-0.05, 0) is 63.4 Å². The second kappa shape index (κ2) is 9.83. The Balaban J connectivity index is 1.89. The summed E-state index contributed by atoms with van der Waals surface area (Å²) in [5.41, 5.74) is 0.433. The van der Waals surface area contributed by atoms with Crippen LogP contribution in [0.4, 0.5) is 0 Å². The smallest absolute Gasteiger partial charge is 0.251 e. The highest BCUT2D eigenvalue weighted by atomic mass is 32.2. The molecule has 27 heavy (non-hydrogen) atoms. The van der Waals surface area contributed by atoms with Crippen LogP contribution in [0.15, 0.2) is 29.2 Å². The van der Waals surface area contributed by atoms with Gasteiger partial charge in [0.05, 0.1) is 11.0 Å². The Hall–Kier alpha value is -1.95. The summed E-state index contributed by atoms with van der Waals surface area (Å²) in [6.45, 7) is 7.16. The van der Waals surface area contributed by atoms with E-state index in [1.807, 2.05) is 6.07 Å². The maximum atomic E-state index is 12.3. The zero-order chi connectivity index (χ0) is 19.9. The number of piperidine rings is 1. The van der Waals surface area contributed by atoms with E-state index >= 15 is 0 Å². The van der Waals surface area contributed by atoms with E-state index in [-0.39, 0.29) is 23.8 Å². The largest absolute Gasteiger partial charge is 0.352 e. The molecular weight excluding hydrogens is 364 g/mol. The normalized spacial score (nSPS) is 18.2. The molecule has 1 saturated heterocycles. The molecule has 1 aromatic rings. The van der Waals surface area contributed by atoms with E-state index in [2.05, 4.69) is 28.8 Å². The monoisotopic (exact) mass is 392 g/mol. The number of hydrogen-bond acceptors (Lipinski definition) is 5. The van der Waals surface area contributed by atoms with Gasteiger partial charge in [-0.1, -0.05) is 0 Å². The van der Waals surface area contributed by atoms with Crippen molar-refractivity contribution in [1.82, 2.24) is 14.9 Å². The summed E-state index contributed by atoms with van der Waals surface area (Å²) in [4.78, 5) is 14.9. The van der Waals surface area contributed by atoms with Crippen molar-refractivity contribution in [3.8, 4) is 6.07 Å². The van der Waals surface area contributed by atoms with Gasteiger partial charge in [-0.2, -0.15) is 5.26 Å². The Bertz CT molecular complexity index is 769. The molecular formula is C19H28N4O3S. The van der Waals surface area contributed by atoms with Gasteiger partial charge < -0.3 is 10.2 Å². The number of amides is 1. The molecule has 1 unspecified atom stereocenters. The third-order valence-electron chi connectivity index (χ3n) is 4.79. The second-order valence-electron chi connectivity index (χ2n) is 7.14. The molecule has 0 aliphatic carbocycles. The quantitative estimate of drug-likeness (QED) is 0.656. The van der Waals surface area contributed by atoms with Crippen molar-refractivity contribution in [1.29, 1.82) is 5.26 Å². The lowest BCUT2D eigenvalue weighted by Crippen LogP contribution is -2.43. The van der Waals surface area contributed by atoms with Gasteiger partial charge in [0.1, 0.15) is 0 Å². The Morgan fingerprint density at radius 2 is 2.04 bits per heavy atom. The van der Waals surface area contributed by atoms with Crippen molar-refractivity contribution in [3.63, 3.8) is 0 Å². The molecule has 148 valence electrons. The van der Waals surface area contributed by atoms with Crippen LogP contribution in [0, 0.1) is 17.2 Å². The lowest BCUT2D eigenvalue weighted by molar-refractivity contribution is 0.0922. The molecule has 7 nitrogen and oxygen atoms in total. The Morgan fingerprint density at radius 3 is 2.67 bits per heavy atom. The highest BCUT2D eigenvalue weighted by Crippen LogP contribution is 2.18. The molecule has 1 amide bonds. The van der Waals surface area contributed by atoms with Gasteiger partial charge in [0, 0.05) is 37.7 Å². The van der Waals surface area contributed by atoms with E-state index in [1.165, 1.54) is 24.3 Å². The molecule has 0 aromatic heterocycles. The average Bonchev–Trinajstić information content (AvgIpc) is 2.66. The Labute approximate surface area is 161 Å². The van der Waals surface area contributed by atoms with Gasteiger partial charge in [0.15, 0.2) is 0 Å². The zero-order valence-electron chi connectivity index (χ0n) is 15.9. The summed E-state index contributed by atoms with van der Waals surface area (Å²) < 4.78 is 26.5. The molecule has 0 spiro atoms. The van der Waals surface area contributed by atoms with Crippen molar-refractivity contribution >= 4 is 15.9 Å². The first kappa shape index (κ1) is 21.4. The summed E-state index contributed by atoms with van der Waals surface area (Å²) in [7, 11) is -3.66. The van der Waals surface area contributed by atoms with E-state index in [1.54, 1.807) is 0 Å². The minimum Gasteiger partial charge on any atom is -0.352 e. The number of nitrogens with zero attached hydrogens (tertiary/aromatic N) is 2. The van der Waals surface area contributed by atoms with E-state index in [0.29, 0.717) is 24.1 Å². The van der Waals surface area contributed by atoms with Gasteiger partial charge in [-0.3, -0.25) is 4.79 Å². The Morgan fingerprint density at radius 1 is 1.33 bits per heavy atom. The number of nitrogens with one attached hydrogen (secondary N) is 2. The molecule has 1 aromatic carbocycles. The first-order valence-electron chi connectivity index (χ1n) is 9.32. The van der Waals surface area contributed by atoms with Crippen LogP contribution in [0.3, 0.4) is 0 Å². The maximum absolute atomic E-state index is 12.3. The highest BCUT2D eigenvalue weighted by Gasteiger charge is 2.22. The number of hydrogen-bond donors (Lipinski definition) is 2. The van der Waals surface area contributed by atoms with E-state index in [4.69, 9.17) is 5.26 Å². The number of rotatable bonds is 8. The number of carbonyl (C=O) groups is 1. The van der Waals surface area contributed by atoms with Crippen LogP contribution >= 0.6 is 0 Å². The van der Waals surface area contributed by atoms with Crippen molar-refractivity contribution in [3.05, 3.63) is 29.8 Å². The van der Waals surface area contributed by atoms with Gasteiger partial charge in [-0.15, -0.1) is 0 Å². The zero-order valence-corrected chi connectivity index (χ0v) is 16.8. The summed E-state index contributed by atoms with van der Waals surface area (Å²) in [6, 6.07) is 8.23. The van der Waals surface area contributed by atoms with Crippen molar-refractivity contribution in [2.45, 2.75) is 44.0 Å². The van der Waals surface area contributed by atoms with Crippen LogP contribution in [-0.2, 0) is 10.0 Å². The van der Waals surface area contributed by atoms with Gasteiger partial charge in [-0.25, -0.2) is 13.1 Å². The molecule has 2 N–H and O–H groups in total. The summed E-state index contributed by atoms with van der Waals surface area (Å²) in [6.07, 6.45) is 2.36. The fourth-order valence-electron chi connectivity index (χ4n) is 3.18. The SMILES string of the molecule is CC(C)N1CCCC(CNC(=O)c2ccc(S(=O)(=O)NCCC#N)cc2)C1. The molecule has 1 aliphatic rings. The average molecular weight is 393 g/mol. The maximum Gasteiger partial charge on any atom is 0.251 e. The molecule has 1 aliphatic heterocycles. The number of carbonyl (C=O) groups excluding carboxylic acids is 1. The Kier molecular flexibility index (Phi) is 7.78. The fraction of sp³-hybridized carbons (Fsp3) is 0.579. The topological polar surface area (TPSA) is 102 Å². The van der Waals surface area contributed by atoms with E-state index in [9.17, 15) is 13.2 Å². The predicted molar refractivity (Wildman–Crippen MR) is 104 cm³/mol. The van der Waals surface area contributed by atoms with Crippen molar-refractivity contribution < 1.29 is 13.2 Å². The number of likely N-dealkylation sites (tertiary alicyclic amines) is 1. The molecule has 2 rings (SSSR count). The van der Waals surface area contributed by atoms with Crippen LogP contribution in [0.1, 0.15) is 43.5 Å². The standard InChI is InChI=1S/C19H28N4O3S/c1-15(2)23-12-3-5-16(14-23)13-21-19(24)17-6-8-18(9-7-17)27(25,26)22-11-4-10-20/h6-9,15-16,22H,3-5,11-14H2,1-2H3,(H,21,24). The molecule has 0 saturated carbocycles. The van der Waals surface area contributed by atoms with Gasteiger partial charge in [0.25, 0.3) is 5.91 Å². The third kappa shape index (κ3) is 6.31. The molecule has 1 atom stereocenters. The van der Waals surface area contributed by atoms with Crippen LogP contribution in [0.5, 0.6) is 0 Å². The third-order valence-corrected chi connectivity index (χ3v) is 6.26. The summed E-state index contributed by atoms with van der Waals surface area (Å²) in [5, 5.41) is 11.4. The van der Waals surface area contributed by atoms with Crippen LogP contribution in [0.25, 0.3) is 0 Å². The van der Waals surface area contributed by atoms with Crippen LogP contribution in [-0.4, -0.2) is 51.4 Å². The number of sulfonamides is 1. The minimum absolute atomic E-state index is 0.0653. The molecule has 8 heteroatoms. The summed E-state index contributed by atoms with van der Waals surface area (Å²) >= 11 is 0. The van der Waals surface area contributed by atoms with Gasteiger partial charge in [0.2, 0.25) is 10.0 Å². The summed E-state index contributed by atoms with van der Waals surface area (Å²) in [5.74, 6) is 0.243. The van der Waals surface area contributed by atoms with Gasteiger partial charge >= 0.3 is 0 Å². The highest BCUT2D eigenvalue weighted by molar-refractivity contribution is 7.89. The van der Waals surface area contributed by atoms with Crippen LogP contribution < -0.4 is 10.0 Å². The predicted octanol–water partition coefficient (Wildman–Crippen LogP) is 1.73.